The highest BCUT2D eigenvalue weighted by Crippen LogP contribution is 2.25. The van der Waals surface area contributed by atoms with E-state index in [0.717, 1.165) is 0 Å². The van der Waals surface area contributed by atoms with Crippen LogP contribution in [0.4, 0.5) is 5.69 Å². The fourth-order valence-electron chi connectivity index (χ4n) is 2.40. The third-order valence-electron chi connectivity index (χ3n) is 3.59. The molecule has 0 unspecified atom stereocenters. The van der Waals surface area contributed by atoms with Gasteiger partial charge in [0.1, 0.15) is 17.1 Å². The smallest absolute Gasteiger partial charge is 0.343 e. The molecule has 0 aliphatic heterocycles. The summed E-state index contributed by atoms with van der Waals surface area (Å²) in [6.07, 6.45) is 1.47. The van der Waals surface area contributed by atoms with Gasteiger partial charge in [-0.15, -0.1) is 0 Å². The Bertz CT molecular complexity index is 1060. The molecule has 8 nitrogen and oxygen atoms in total. The topological polar surface area (TPSA) is 100 Å². The summed E-state index contributed by atoms with van der Waals surface area (Å²) in [4.78, 5) is 34.5. The van der Waals surface area contributed by atoms with Crippen LogP contribution >= 0.6 is 0 Å². The quantitative estimate of drug-likeness (QED) is 0.396. The van der Waals surface area contributed by atoms with Crippen molar-refractivity contribution in [1.29, 1.82) is 0 Å². The Labute approximate surface area is 147 Å². The van der Waals surface area contributed by atoms with E-state index >= 15 is 0 Å². The zero-order valence-electron chi connectivity index (χ0n) is 13.7. The number of carbonyl (C=O) groups is 1. The molecule has 0 radical (unpaired) electrons. The van der Waals surface area contributed by atoms with Gasteiger partial charge in [0.05, 0.1) is 23.1 Å². The molecule has 0 atom stereocenters. The summed E-state index contributed by atoms with van der Waals surface area (Å²) < 4.78 is 11.8. The largest absolute Gasteiger partial charge is 0.462 e. The number of rotatable bonds is 5. The number of ether oxygens (including phenoxy) is 2. The summed E-state index contributed by atoms with van der Waals surface area (Å²) >= 11 is 0. The molecule has 0 saturated heterocycles. The predicted molar refractivity (Wildman–Crippen MR) is 92.8 cm³/mol. The van der Waals surface area contributed by atoms with E-state index in [1.165, 1.54) is 40.9 Å². The van der Waals surface area contributed by atoms with E-state index in [-0.39, 0.29) is 17.9 Å². The fraction of sp³-hybridized carbons (Fsp3) is 0.111. The van der Waals surface area contributed by atoms with Gasteiger partial charge in [0.2, 0.25) is 0 Å². The maximum absolute atomic E-state index is 12.4. The van der Waals surface area contributed by atoms with Crippen LogP contribution in [-0.4, -0.2) is 21.9 Å². The number of pyridine rings is 2. The summed E-state index contributed by atoms with van der Waals surface area (Å²) in [5, 5.41) is 10.8. The van der Waals surface area contributed by atoms with Crippen LogP contribution in [0.3, 0.4) is 0 Å². The third-order valence-corrected chi connectivity index (χ3v) is 3.59. The highest BCUT2D eigenvalue weighted by molar-refractivity contribution is 5.89. The summed E-state index contributed by atoms with van der Waals surface area (Å²) in [7, 11) is 0. The van der Waals surface area contributed by atoms with Gasteiger partial charge in [0.25, 0.3) is 11.2 Å². The highest BCUT2D eigenvalue weighted by Gasteiger charge is 2.14. The van der Waals surface area contributed by atoms with Crippen LogP contribution in [0.2, 0.25) is 0 Å². The molecule has 0 amide bonds. The SMILES string of the molecule is CCOC(=O)c1ccc2cc(Oc3cccc([N+](=O)[O-])c3)ccn2c1=O. The second kappa shape index (κ2) is 7.06. The average Bonchev–Trinajstić information content (AvgIpc) is 2.62. The van der Waals surface area contributed by atoms with E-state index in [1.54, 1.807) is 25.1 Å². The van der Waals surface area contributed by atoms with Gasteiger partial charge >= 0.3 is 5.97 Å². The van der Waals surface area contributed by atoms with Crippen molar-refractivity contribution < 1.29 is 19.2 Å². The van der Waals surface area contributed by atoms with E-state index in [2.05, 4.69) is 0 Å². The van der Waals surface area contributed by atoms with Crippen LogP contribution in [-0.2, 0) is 4.74 Å². The van der Waals surface area contributed by atoms with E-state index in [1.807, 2.05) is 0 Å². The molecule has 26 heavy (non-hydrogen) atoms. The summed E-state index contributed by atoms with van der Waals surface area (Å²) in [5.41, 5.74) is -0.135. The number of non-ortho nitro benzene ring substituents is 1. The molecular formula is C18H14N2O6. The number of carbonyl (C=O) groups excluding carboxylic acids is 1. The zero-order valence-corrected chi connectivity index (χ0v) is 13.7. The monoisotopic (exact) mass is 354 g/mol. The lowest BCUT2D eigenvalue weighted by Crippen LogP contribution is -2.23. The molecule has 0 aliphatic carbocycles. The Morgan fingerprint density at radius 1 is 1.15 bits per heavy atom. The van der Waals surface area contributed by atoms with Gasteiger partial charge in [-0.1, -0.05) is 6.07 Å². The lowest BCUT2D eigenvalue weighted by molar-refractivity contribution is -0.384. The molecule has 0 aliphatic rings. The van der Waals surface area contributed by atoms with E-state index < -0.39 is 16.5 Å². The lowest BCUT2D eigenvalue weighted by atomic mass is 10.2. The molecule has 3 aromatic rings. The van der Waals surface area contributed by atoms with Crippen molar-refractivity contribution >= 4 is 17.2 Å². The van der Waals surface area contributed by atoms with Gasteiger partial charge in [-0.25, -0.2) is 4.79 Å². The number of hydrogen-bond acceptors (Lipinski definition) is 6. The molecule has 0 fully saturated rings. The predicted octanol–water partition coefficient (Wildman–Crippen LogP) is 3.18. The van der Waals surface area contributed by atoms with Crippen LogP contribution in [0.1, 0.15) is 17.3 Å². The first-order valence-electron chi connectivity index (χ1n) is 7.74. The Balaban J connectivity index is 1.94. The molecule has 2 aromatic heterocycles. The van der Waals surface area contributed by atoms with Crippen LogP contribution in [0.5, 0.6) is 11.5 Å². The number of nitrogens with zero attached hydrogens (tertiary/aromatic N) is 2. The Kier molecular flexibility index (Phi) is 4.66. The van der Waals surface area contributed by atoms with Crippen molar-refractivity contribution in [2.24, 2.45) is 0 Å². The van der Waals surface area contributed by atoms with Gasteiger partial charge in [0.15, 0.2) is 0 Å². The van der Waals surface area contributed by atoms with Crippen molar-refractivity contribution in [3.05, 3.63) is 80.8 Å². The first-order chi connectivity index (χ1) is 12.5. The normalized spacial score (nSPS) is 10.5. The van der Waals surface area contributed by atoms with E-state index in [4.69, 9.17) is 9.47 Å². The number of nitro groups is 1. The summed E-state index contributed by atoms with van der Waals surface area (Å²) in [6, 6.07) is 11.9. The second-order valence-corrected chi connectivity index (χ2v) is 5.29. The van der Waals surface area contributed by atoms with Crippen molar-refractivity contribution in [2.45, 2.75) is 6.92 Å². The minimum absolute atomic E-state index is 0.0586. The second-order valence-electron chi connectivity index (χ2n) is 5.29. The molecule has 0 bridgehead atoms. The Morgan fingerprint density at radius 3 is 2.65 bits per heavy atom. The van der Waals surface area contributed by atoms with Crippen LogP contribution in [0.15, 0.2) is 59.5 Å². The van der Waals surface area contributed by atoms with E-state index in [9.17, 15) is 19.7 Å². The zero-order chi connectivity index (χ0) is 18.7. The minimum Gasteiger partial charge on any atom is -0.462 e. The first kappa shape index (κ1) is 17.2. The molecule has 8 heteroatoms. The number of benzene rings is 1. The molecule has 0 N–H and O–H groups in total. The maximum Gasteiger partial charge on any atom is 0.343 e. The van der Waals surface area contributed by atoms with E-state index in [0.29, 0.717) is 17.0 Å². The first-order valence-corrected chi connectivity index (χ1v) is 7.74. The highest BCUT2D eigenvalue weighted by atomic mass is 16.6. The summed E-state index contributed by atoms with van der Waals surface area (Å²) in [5.74, 6) is 0.0200. The van der Waals surface area contributed by atoms with Crippen molar-refractivity contribution in [2.75, 3.05) is 6.61 Å². The number of fused-ring (bicyclic) bond motifs is 1. The molecular weight excluding hydrogens is 340 g/mol. The average molecular weight is 354 g/mol. The Morgan fingerprint density at radius 2 is 1.92 bits per heavy atom. The summed E-state index contributed by atoms with van der Waals surface area (Å²) in [6.45, 7) is 1.84. The lowest BCUT2D eigenvalue weighted by Gasteiger charge is -2.08. The van der Waals surface area contributed by atoms with Crippen molar-refractivity contribution in [1.82, 2.24) is 4.40 Å². The number of esters is 1. The Hall–Kier alpha value is -3.68. The van der Waals surface area contributed by atoms with Gasteiger partial charge < -0.3 is 9.47 Å². The van der Waals surface area contributed by atoms with Gasteiger partial charge in [0, 0.05) is 18.3 Å². The molecule has 1 aromatic carbocycles. The number of nitro benzene ring substituents is 1. The fourth-order valence-corrected chi connectivity index (χ4v) is 2.40. The molecule has 0 spiro atoms. The molecule has 0 saturated carbocycles. The van der Waals surface area contributed by atoms with Crippen molar-refractivity contribution in [3.8, 4) is 11.5 Å². The van der Waals surface area contributed by atoms with Gasteiger partial charge in [-0.05, 0) is 31.2 Å². The molecule has 2 heterocycles. The third kappa shape index (κ3) is 3.39. The molecule has 132 valence electrons. The maximum atomic E-state index is 12.4. The van der Waals surface area contributed by atoms with Crippen molar-refractivity contribution in [3.63, 3.8) is 0 Å². The number of hydrogen-bond donors (Lipinski definition) is 0. The number of aromatic nitrogens is 1. The van der Waals surface area contributed by atoms with Crippen LogP contribution in [0.25, 0.3) is 5.52 Å². The van der Waals surface area contributed by atoms with Crippen LogP contribution < -0.4 is 10.3 Å². The minimum atomic E-state index is -0.677. The molecule has 3 rings (SSSR count). The van der Waals surface area contributed by atoms with Crippen LogP contribution in [0, 0.1) is 10.1 Å². The van der Waals surface area contributed by atoms with Gasteiger partial charge in [-0.3, -0.25) is 19.3 Å². The van der Waals surface area contributed by atoms with Gasteiger partial charge in [-0.2, -0.15) is 0 Å². The standard InChI is InChI=1S/C18H14N2O6/c1-2-25-18(22)16-7-6-12-10-15(8-9-19(12)17(16)21)26-14-5-3-4-13(11-14)20(23)24/h3-11H,2H2,1H3.